The Morgan fingerprint density at radius 2 is 1.32 bits per heavy atom. The zero-order valence-electron chi connectivity index (χ0n) is 27.1. The van der Waals surface area contributed by atoms with Crippen molar-refractivity contribution in [2.24, 2.45) is 4.99 Å². The maximum Gasteiger partial charge on any atom is 0.305 e. The fourth-order valence-electron chi connectivity index (χ4n) is 4.75. The number of hydrogen-bond donors (Lipinski definition) is 1. The summed E-state index contributed by atoms with van der Waals surface area (Å²) in [6.07, 6.45) is 24.7. The van der Waals surface area contributed by atoms with Gasteiger partial charge in [0.2, 0.25) is 5.96 Å². The Kier molecular flexibility index (Phi) is 28.9. The summed E-state index contributed by atoms with van der Waals surface area (Å²) < 4.78 is 19.8. The number of rotatable bonds is 29. The molecule has 0 spiro atoms. The number of ether oxygens (including phenoxy) is 1. The highest BCUT2D eigenvalue weighted by molar-refractivity contribution is 7.82. The number of carbonyl (C=O) groups excluding carboxylic acids is 2. The molecular weight excluding hydrogens is 536 g/mol. The molecule has 0 amide bonds. The van der Waals surface area contributed by atoms with Crippen molar-refractivity contribution in [3.63, 3.8) is 0 Å². The van der Waals surface area contributed by atoms with Gasteiger partial charge in [0.25, 0.3) is 0 Å². The van der Waals surface area contributed by atoms with Gasteiger partial charge in [-0.2, -0.15) is 0 Å². The minimum absolute atomic E-state index is 0.0335. The van der Waals surface area contributed by atoms with Gasteiger partial charge in [0.1, 0.15) is 17.3 Å². The van der Waals surface area contributed by atoms with Gasteiger partial charge in [-0.3, -0.25) is 14.5 Å². The van der Waals surface area contributed by atoms with Gasteiger partial charge in [-0.15, -0.1) is 0 Å². The average Bonchev–Trinajstić information content (AvgIpc) is 2.94. The molecule has 1 atom stereocenters. The van der Waals surface area contributed by atoms with Gasteiger partial charge in [0.15, 0.2) is 0 Å². The van der Waals surface area contributed by atoms with Gasteiger partial charge in [0.05, 0.1) is 6.61 Å². The Bertz CT molecular complexity index is 676. The van der Waals surface area contributed by atoms with Crippen molar-refractivity contribution < 1.29 is 18.5 Å². The molecule has 0 bridgehead atoms. The molecule has 0 heterocycles. The lowest BCUT2D eigenvalue weighted by Crippen LogP contribution is -2.37. The molecule has 0 aromatic heterocycles. The summed E-state index contributed by atoms with van der Waals surface area (Å²) in [6.45, 7) is 6.72. The molecule has 41 heavy (non-hydrogen) atoms. The molecule has 0 aromatic carbocycles. The van der Waals surface area contributed by atoms with Crippen LogP contribution in [0.4, 0.5) is 0 Å². The van der Waals surface area contributed by atoms with Crippen LogP contribution in [0, 0.1) is 0 Å². The van der Waals surface area contributed by atoms with E-state index in [4.69, 9.17) is 4.74 Å². The third-order valence-electron chi connectivity index (χ3n) is 7.22. The third-order valence-corrected chi connectivity index (χ3v) is 7.69. The number of carbonyl (C=O) groups is 2. The lowest BCUT2D eigenvalue weighted by atomic mass is 10.1. The van der Waals surface area contributed by atoms with E-state index in [9.17, 15) is 13.8 Å². The van der Waals surface area contributed by atoms with E-state index in [0.717, 1.165) is 77.3 Å². The van der Waals surface area contributed by atoms with E-state index in [1.165, 1.54) is 64.2 Å². The summed E-state index contributed by atoms with van der Waals surface area (Å²) in [4.78, 5) is 31.5. The van der Waals surface area contributed by atoms with Crippen LogP contribution in [0.1, 0.15) is 135 Å². The quantitative estimate of drug-likeness (QED) is 0.0340. The second-order valence-electron chi connectivity index (χ2n) is 11.4. The lowest BCUT2D eigenvalue weighted by Gasteiger charge is -2.22. The number of aldehydes is 1. The standard InChI is InChI=1S/C32H64N4O4S/c1-5-6-7-8-11-17-22-30-40-31(38)24-18-13-12-15-20-27-36(26-19-14-9-10-16-21-29-37)28-23-25-33-32(35(2)3)34-41(4)39/h29H,5-28,30H2,1-4H3,(H,33,34). The predicted molar refractivity (Wildman–Crippen MR) is 175 cm³/mol. The van der Waals surface area contributed by atoms with Crippen molar-refractivity contribution in [2.75, 3.05) is 53.1 Å². The van der Waals surface area contributed by atoms with Crippen LogP contribution < -0.4 is 4.72 Å². The van der Waals surface area contributed by atoms with Crippen molar-refractivity contribution in [1.82, 2.24) is 14.5 Å². The van der Waals surface area contributed by atoms with E-state index < -0.39 is 11.0 Å². The number of esters is 1. The molecule has 8 nitrogen and oxygen atoms in total. The fraction of sp³-hybridized carbons (Fsp3) is 0.906. The van der Waals surface area contributed by atoms with Gasteiger partial charge in [0, 0.05) is 39.7 Å². The van der Waals surface area contributed by atoms with Gasteiger partial charge >= 0.3 is 5.97 Å². The molecular formula is C32H64N4O4S. The normalized spacial score (nSPS) is 12.5. The number of aliphatic imine (C=N–C) groups is 1. The monoisotopic (exact) mass is 600 g/mol. The van der Waals surface area contributed by atoms with Crippen LogP contribution in [0.5, 0.6) is 0 Å². The van der Waals surface area contributed by atoms with Crippen molar-refractivity contribution in [2.45, 2.75) is 135 Å². The van der Waals surface area contributed by atoms with E-state index in [2.05, 4.69) is 21.5 Å². The summed E-state index contributed by atoms with van der Waals surface area (Å²) in [5, 5.41) is 0. The second kappa shape index (κ2) is 30.0. The number of nitrogens with one attached hydrogen (secondary N) is 1. The Balaban J connectivity index is 4.15. The van der Waals surface area contributed by atoms with Gasteiger partial charge < -0.3 is 19.3 Å². The first-order valence-electron chi connectivity index (χ1n) is 16.5. The molecule has 0 aliphatic carbocycles. The van der Waals surface area contributed by atoms with Crippen LogP contribution in [-0.4, -0.2) is 85.4 Å². The van der Waals surface area contributed by atoms with Crippen LogP contribution in [-0.2, 0) is 25.3 Å². The number of guanidine groups is 1. The highest BCUT2D eigenvalue weighted by atomic mass is 32.2. The zero-order valence-corrected chi connectivity index (χ0v) is 28.0. The summed E-state index contributed by atoms with van der Waals surface area (Å²) in [6, 6.07) is 0. The third kappa shape index (κ3) is 28.4. The fourth-order valence-corrected chi connectivity index (χ4v) is 5.26. The maximum atomic E-state index is 12.0. The molecule has 242 valence electrons. The first-order valence-corrected chi connectivity index (χ1v) is 18.1. The minimum Gasteiger partial charge on any atom is -0.466 e. The molecule has 0 aliphatic heterocycles. The predicted octanol–water partition coefficient (Wildman–Crippen LogP) is 6.65. The molecule has 1 unspecified atom stereocenters. The molecule has 0 saturated carbocycles. The highest BCUT2D eigenvalue weighted by Gasteiger charge is 2.07. The van der Waals surface area contributed by atoms with Crippen LogP contribution in [0.15, 0.2) is 4.99 Å². The second-order valence-corrected chi connectivity index (χ2v) is 12.5. The van der Waals surface area contributed by atoms with Crippen LogP contribution in [0.25, 0.3) is 0 Å². The molecule has 0 aliphatic rings. The van der Waals surface area contributed by atoms with E-state index in [0.29, 0.717) is 32.0 Å². The molecule has 0 saturated heterocycles. The van der Waals surface area contributed by atoms with Gasteiger partial charge in [-0.25, -0.2) is 4.21 Å². The first-order chi connectivity index (χ1) is 19.9. The molecule has 0 rings (SSSR count). The maximum absolute atomic E-state index is 12.0. The average molecular weight is 601 g/mol. The Morgan fingerprint density at radius 3 is 1.90 bits per heavy atom. The van der Waals surface area contributed by atoms with E-state index in [1.54, 1.807) is 6.26 Å². The van der Waals surface area contributed by atoms with Crippen LogP contribution in [0.2, 0.25) is 0 Å². The van der Waals surface area contributed by atoms with Crippen molar-refractivity contribution in [1.29, 1.82) is 0 Å². The summed E-state index contributed by atoms with van der Waals surface area (Å²) in [5.41, 5.74) is 0. The first kappa shape index (κ1) is 39.5. The van der Waals surface area contributed by atoms with E-state index in [1.807, 2.05) is 19.0 Å². The van der Waals surface area contributed by atoms with E-state index >= 15 is 0 Å². The van der Waals surface area contributed by atoms with Crippen LogP contribution >= 0.6 is 0 Å². The van der Waals surface area contributed by atoms with Gasteiger partial charge in [-0.05, 0) is 58.2 Å². The molecule has 0 radical (unpaired) electrons. The number of unbranched alkanes of at least 4 members (excludes halogenated alkanes) is 15. The van der Waals surface area contributed by atoms with Gasteiger partial charge in [-0.1, -0.05) is 84.0 Å². The lowest BCUT2D eigenvalue weighted by molar-refractivity contribution is -0.143. The molecule has 0 fully saturated rings. The summed E-state index contributed by atoms with van der Waals surface area (Å²) in [5.74, 6) is 0.628. The number of hydrogen-bond acceptors (Lipinski definition) is 6. The Hall–Kier alpha value is -1.48. The minimum atomic E-state index is -1.13. The van der Waals surface area contributed by atoms with Crippen molar-refractivity contribution in [3.05, 3.63) is 0 Å². The molecule has 9 heteroatoms. The molecule has 0 aromatic rings. The largest absolute Gasteiger partial charge is 0.466 e. The smallest absolute Gasteiger partial charge is 0.305 e. The Morgan fingerprint density at radius 1 is 0.780 bits per heavy atom. The number of nitrogens with zero attached hydrogens (tertiary/aromatic N) is 3. The Labute approximate surface area is 255 Å². The topological polar surface area (TPSA) is 91.3 Å². The van der Waals surface area contributed by atoms with Crippen molar-refractivity contribution >= 4 is 29.2 Å². The van der Waals surface area contributed by atoms with Crippen molar-refractivity contribution in [3.8, 4) is 0 Å². The molecule has 1 N–H and O–H groups in total. The summed E-state index contributed by atoms with van der Waals surface area (Å²) >= 11 is 0. The highest BCUT2D eigenvalue weighted by Crippen LogP contribution is 2.11. The van der Waals surface area contributed by atoms with Crippen LogP contribution in [0.3, 0.4) is 0 Å². The zero-order chi connectivity index (χ0) is 30.4. The summed E-state index contributed by atoms with van der Waals surface area (Å²) in [7, 11) is 2.67. The van der Waals surface area contributed by atoms with E-state index in [-0.39, 0.29) is 5.97 Å². The SMILES string of the molecule is CCCCCCCCCOC(=O)CCCCCCCN(CCCCCCCC=O)CCCN=C(NS(C)=O)N(C)C.